The van der Waals surface area contributed by atoms with E-state index >= 15 is 0 Å². The SMILES string of the molecule is CN(C)CC(=O)Nc1ccc2n(c1=O)C[C@@H]1C[C@@H]2CN(C(=O)NC2CCCCC2)C1. The number of rotatable bonds is 4. The van der Waals surface area contributed by atoms with E-state index in [1.807, 2.05) is 25.1 Å². The quantitative estimate of drug-likeness (QED) is 0.785. The first-order valence-corrected chi connectivity index (χ1v) is 11.1. The van der Waals surface area contributed by atoms with Crippen LogP contribution in [0.4, 0.5) is 10.5 Å². The average molecular weight is 416 g/mol. The lowest BCUT2D eigenvalue weighted by Gasteiger charge is -2.43. The van der Waals surface area contributed by atoms with Gasteiger partial charge in [-0.1, -0.05) is 19.3 Å². The number of fused-ring (bicyclic) bond motifs is 4. The lowest BCUT2D eigenvalue weighted by molar-refractivity contribution is -0.116. The van der Waals surface area contributed by atoms with Crippen LogP contribution >= 0.6 is 0 Å². The van der Waals surface area contributed by atoms with E-state index in [-0.39, 0.29) is 35.9 Å². The van der Waals surface area contributed by atoms with Gasteiger partial charge in [0.25, 0.3) is 5.56 Å². The monoisotopic (exact) mass is 415 g/mol. The zero-order valence-electron chi connectivity index (χ0n) is 18.0. The molecule has 30 heavy (non-hydrogen) atoms. The Bertz CT molecular complexity index is 859. The number of aromatic nitrogens is 1. The third-order valence-corrected chi connectivity index (χ3v) is 6.56. The molecule has 2 bridgehead atoms. The normalized spacial score (nSPS) is 23.8. The molecule has 2 fully saturated rings. The molecule has 0 radical (unpaired) electrons. The Kier molecular flexibility index (Phi) is 6.13. The Labute approximate surface area is 177 Å². The first-order valence-electron chi connectivity index (χ1n) is 11.1. The van der Waals surface area contributed by atoms with Gasteiger partial charge in [-0.15, -0.1) is 0 Å². The van der Waals surface area contributed by atoms with Gasteiger partial charge in [0.1, 0.15) is 5.69 Å². The summed E-state index contributed by atoms with van der Waals surface area (Å²) in [4.78, 5) is 41.6. The van der Waals surface area contributed by atoms with Crippen molar-refractivity contribution in [1.29, 1.82) is 0 Å². The summed E-state index contributed by atoms with van der Waals surface area (Å²) in [6, 6.07) is 4.00. The van der Waals surface area contributed by atoms with E-state index in [2.05, 4.69) is 10.6 Å². The highest BCUT2D eigenvalue weighted by Crippen LogP contribution is 2.35. The van der Waals surface area contributed by atoms with Gasteiger partial charge in [-0.25, -0.2) is 4.79 Å². The van der Waals surface area contributed by atoms with Gasteiger partial charge in [0.2, 0.25) is 5.91 Å². The Hall–Kier alpha value is -2.35. The van der Waals surface area contributed by atoms with Gasteiger partial charge >= 0.3 is 6.03 Å². The second kappa shape index (κ2) is 8.79. The van der Waals surface area contributed by atoms with Crippen molar-refractivity contribution in [2.24, 2.45) is 5.92 Å². The predicted molar refractivity (Wildman–Crippen MR) is 116 cm³/mol. The van der Waals surface area contributed by atoms with Gasteiger partial charge in [0, 0.05) is 37.3 Å². The zero-order valence-corrected chi connectivity index (χ0v) is 18.0. The van der Waals surface area contributed by atoms with Crippen molar-refractivity contribution in [3.63, 3.8) is 0 Å². The molecule has 4 rings (SSSR count). The first-order chi connectivity index (χ1) is 14.4. The standard InChI is InChI=1S/C22H33N5O3/c1-25(2)14-20(28)24-18-8-9-19-16-10-15(12-27(19)21(18)29)11-26(13-16)22(30)23-17-6-4-3-5-7-17/h8-9,15-17H,3-7,10-14H2,1-2H3,(H,23,30)(H,24,28)/t15-,16-/m1/s1. The van der Waals surface area contributed by atoms with Crippen LogP contribution in [0.15, 0.2) is 16.9 Å². The van der Waals surface area contributed by atoms with Gasteiger partial charge in [-0.2, -0.15) is 0 Å². The van der Waals surface area contributed by atoms with Crippen LogP contribution in [0.1, 0.15) is 50.1 Å². The third kappa shape index (κ3) is 4.53. The van der Waals surface area contributed by atoms with E-state index in [1.165, 1.54) is 19.3 Å². The molecule has 1 saturated carbocycles. The molecule has 3 amide bonds. The molecule has 8 heteroatoms. The van der Waals surface area contributed by atoms with Crippen LogP contribution in [0, 0.1) is 5.92 Å². The second-order valence-electron chi connectivity index (χ2n) is 9.36. The van der Waals surface area contributed by atoms with Crippen molar-refractivity contribution in [3.05, 3.63) is 28.2 Å². The van der Waals surface area contributed by atoms with E-state index in [4.69, 9.17) is 0 Å². The van der Waals surface area contributed by atoms with E-state index in [1.54, 1.807) is 15.5 Å². The molecule has 164 valence electrons. The minimum atomic E-state index is -0.195. The highest BCUT2D eigenvalue weighted by molar-refractivity contribution is 5.92. The molecule has 1 aromatic rings. The van der Waals surface area contributed by atoms with Gasteiger partial charge in [0.15, 0.2) is 0 Å². The van der Waals surface area contributed by atoms with Crippen molar-refractivity contribution < 1.29 is 9.59 Å². The number of nitrogens with zero attached hydrogens (tertiary/aromatic N) is 3. The molecule has 0 unspecified atom stereocenters. The molecule has 0 aromatic carbocycles. The van der Waals surface area contributed by atoms with Crippen LogP contribution in [-0.2, 0) is 11.3 Å². The summed E-state index contributed by atoms with van der Waals surface area (Å²) < 4.78 is 1.81. The lowest BCUT2D eigenvalue weighted by Crippen LogP contribution is -2.53. The number of carbonyl (C=O) groups excluding carboxylic acids is 2. The Morgan fingerprint density at radius 1 is 1.10 bits per heavy atom. The summed E-state index contributed by atoms with van der Waals surface area (Å²) in [5.41, 5.74) is 1.16. The number of hydrogen-bond acceptors (Lipinski definition) is 4. The molecular formula is C22H33N5O3. The van der Waals surface area contributed by atoms with Crippen molar-refractivity contribution in [1.82, 2.24) is 19.7 Å². The number of likely N-dealkylation sites (tertiary alicyclic amines) is 1. The fraction of sp³-hybridized carbons (Fsp3) is 0.682. The third-order valence-electron chi connectivity index (χ3n) is 6.56. The number of piperidine rings is 1. The summed E-state index contributed by atoms with van der Waals surface area (Å²) in [6.07, 6.45) is 6.81. The van der Waals surface area contributed by atoms with Gasteiger partial charge < -0.3 is 25.0 Å². The first kappa shape index (κ1) is 20.9. The highest BCUT2D eigenvalue weighted by Gasteiger charge is 2.37. The molecule has 0 spiro atoms. The molecule has 1 aliphatic carbocycles. The van der Waals surface area contributed by atoms with Gasteiger partial charge in [-0.05, 0) is 51.4 Å². The fourth-order valence-corrected chi connectivity index (χ4v) is 5.20. The maximum Gasteiger partial charge on any atom is 0.317 e. The van der Waals surface area contributed by atoms with Crippen molar-refractivity contribution in [3.8, 4) is 0 Å². The van der Waals surface area contributed by atoms with E-state index in [0.717, 1.165) is 25.0 Å². The lowest BCUT2D eigenvalue weighted by atomic mass is 9.83. The highest BCUT2D eigenvalue weighted by atomic mass is 16.2. The molecule has 2 atom stereocenters. The number of hydrogen-bond donors (Lipinski definition) is 2. The number of carbonyl (C=O) groups is 2. The second-order valence-corrected chi connectivity index (χ2v) is 9.36. The van der Waals surface area contributed by atoms with Gasteiger partial charge in [-0.3, -0.25) is 9.59 Å². The summed E-state index contributed by atoms with van der Waals surface area (Å²) in [5.74, 6) is 0.229. The molecule has 1 aromatic heterocycles. The number of likely N-dealkylation sites (N-methyl/N-ethyl adjacent to an activating group) is 1. The van der Waals surface area contributed by atoms with Crippen LogP contribution in [0.25, 0.3) is 0 Å². The number of nitrogens with one attached hydrogen (secondary N) is 2. The minimum absolute atomic E-state index is 0.0416. The molecular weight excluding hydrogens is 382 g/mol. The summed E-state index contributed by atoms with van der Waals surface area (Å²) in [5, 5.41) is 5.97. The van der Waals surface area contributed by atoms with Gasteiger partial charge in [0.05, 0.1) is 6.54 Å². The Morgan fingerprint density at radius 2 is 1.87 bits per heavy atom. The largest absolute Gasteiger partial charge is 0.335 e. The molecule has 1 saturated heterocycles. The fourth-order valence-electron chi connectivity index (χ4n) is 5.20. The molecule has 3 aliphatic rings. The average Bonchev–Trinajstić information content (AvgIpc) is 2.70. The van der Waals surface area contributed by atoms with Crippen LogP contribution < -0.4 is 16.2 Å². The van der Waals surface area contributed by atoms with Crippen LogP contribution in [-0.4, -0.2) is 66.1 Å². The zero-order chi connectivity index (χ0) is 21.3. The van der Waals surface area contributed by atoms with Crippen LogP contribution in [0.2, 0.25) is 0 Å². The van der Waals surface area contributed by atoms with Crippen LogP contribution in [0.3, 0.4) is 0 Å². The number of anilines is 1. The van der Waals surface area contributed by atoms with E-state index in [9.17, 15) is 14.4 Å². The summed E-state index contributed by atoms with van der Waals surface area (Å²) >= 11 is 0. The maximum atomic E-state index is 13.0. The Morgan fingerprint density at radius 3 is 2.60 bits per heavy atom. The number of pyridine rings is 1. The molecule has 8 nitrogen and oxygen atoms in total. The van der Waals surface area contributed by atoms with Crippen molar-refractivity contribution >= 4 is 17.6 Å². The maximum absolute atomic E-state index is 13.0. The number of urea groups is 1. The topological polar surface area (TPSA) is 86.7 Å². The molecule has 2 N–H and O–H groups in total. The molecule has 2 aliphatic heterocycles. The van der Waals surface area contributed by atoms with E-state index in [0.29, 0.717) is 31.4 Å². The Balaban J connectivity index is 1.46. The van der Waals surface area contributed by atoms with Crippen molar-refractivity contribution in [2.45, 2.75) is 57.0 Å². The summed E-state index contributed by atoms with van der Waals surface area (Å²) in [6.45, 7) is 2.14. The summed E-state index contributed by atoms with van der Waals surface area (Å²) in [7, 11) is 3.63. The molecule has 3 heterocycles. The van der Waals surface area contributed by atoms with E-state index < -0.39 is 0 Å². The van der Waals surface area contributed by atoms with Crippen LogP contribution in [0.5, 0.6) is 0 Å². The minimum Gasteiger partial charge on any atom is -0.335 e. The van der Waals surface area contributed by atoms with Crippen molar-refractivity contribution in [2.75, 3.05) is 39.0 Å². The smallest absolute Gasteiger partial charge is 0.317 e. The predicted octanol–water partition coefficient (Wildman–Crippen LogP) is 1.81. The number of amides is 3.